The number of amides is 1. The van der Waals surface area contributed by atoms with Crippen molar-refractivity contribution < 1.29 is 9.72 Å². The Morgan fingerprint density at radius 2 is 1.81 bits per heavy atom. The number of hydrogen-bond donors (Lipinski definition) is 1. The number of nitro benzene ring substituents is 1. The van der Waals surface area contributed by atoms with Crippen LogP contribution in [0.1, 0.15) is 15.9 Å². The molecular formula is C20H24N4O3. The number of benzene rings is 2. The lowest BCUT2D eigenvalue weighted by molar-refractivity contribution is -0.384. The van der Waals surface area contributed by atoms with Crippen LogP contribution in [0, 0.1) is 17.0 Å². The maximum absolute atomic E-state index is 12.1. The molecule has 1 amide bonds. The molecule has 2 aromatic rings. The number of anilines is 1. The minimum absolute atomic E-state index is 0.0157. The Morgan fingerprint density at radius 3 is 2.44 bits per heavy atom. The van der Waals surface area contributed by atoms with Gasteiger partial charge in [-0.15, -0.1) is 0 Å². The van der Waals surface area contributed by atoms with Crippen molar-refractivity contribution in [1.82, 2.24) is 10.2 Å². The Morgan fingerprint density at radius 1 is 1.11 bits per heavy atom. The van der Waals surface area contributed by atoms with Gasteiger partial charge in [0, 0.05) is 62.7 Å². The van der Waals surface area contributed by atoms with Crippen LogP contribution in [0.2, 0.25) is 0 Å². The zero-order valence-electron chi connectivity index (χ0n) is 15.4. The second kappa shape index (κ2) is 8.64. The number of carbonyl (C=O) groups excluding carboxylic acids is 1. The predicted molar refractivity (Wildman–Crippen MR) is 105 cm³/mol. The normalized spacial score (nSPS) is 14.8. The molecule has 0 bridgehead atoms. The highest BCUT2D eigenvalue weighted by Crippen LogP contribution is 2.17. The minimum Gasteiger partial charge on any atom is -0.369 e. The first-order valence-electron chi connectivity index (χ1n) is 9.09. The van der Waals surface area contributed by atoms with Gasteiger partial charge in [0.15, 0.2) is 0 Å². The number of nitrogens with zero attached hydrogens (tertiary/aromatic N) is 3. The average molecular weight is 368 g/mol. The number of hydrogen-bond acceptors (Lipinski definition) is 5. The van der Waals surface area contributed by atoms with Gasteiger partial charge in [-0.05, 0) is 36.8 Å². The van der Waals surface area contributed by atoms with E-state index < -0.39 is 4.92 Å². The molecule has 1 saturated heterocycles. The fraction of sp³-hybridized carbons (Fsp3) is 0.350. The first-order chi connectivity index (χ1) is 13.0. The van der Waals surface area contributed by atoms with E-state index >= 15 is 0 Å². The van der Waals surface area contributed by atoms with E-state index in [0.717, 1.165) is 32.7 Å². The van der Waals surface area contributed by atoms with Gasteiger partial charge < -0.3 is 10.2 Å². The number of carbonyl (C=O) groups is 1. The van der Waals surface area contributed by atoms with Gasteiger partial charge in [0.25, 0.3) is 11.6 Å². The Kier molecular flexibility index (Phi) is 6.03. The van der Waals surface area contributed by atoms with Crippen molar-refractivity contribution in [3.05, 3.63) is 69.8 Å². The largest absolute Gasteiger partial charge is 0.369 e. The van der Waals surface area contributed by atoms with Crippen LogP contribution >= 0.6 is 0 Å². The van der Waals surface area contributed by atoms with Crippen LogP contribution in [0.25, 0.3) is 0 Å². The molecule has 0 aromatic heterocycles. The quantitative estimate of drug-likeness (QED) is 0.626. The molecule has 27 heavy (non-hydrogen) atoms. The fourth-order valence-corrected chi connectivity index (χ4v) is 3.22. The van der Waals surface area contributed by atoms with Crippen molar-refractivity contribution >= 4 is 17.3 Å². The number of piperazine rings is 1. The van der Waals surface area contributed by atoms with Crippen molar-refractivity contribution in [2.75, 3.05) is 44.2 Å². The van der Waals surface area contributed by atoms with Gasteiger partial charge in [0.1, 0.15) is 0 Å². The standard InChI is InChI=1S/C20H24N4O3/c1-16-3-2-4-19(15-16)23-13-11-22(12-14-23)10-9-21-20(25)17-5-7-18(8-6-17)24(26)27/h2-8,15H,9-14H2,1H3,(H,21,25). The van der Waals surface area contributed by atoms with Crippen molar-refractivity contribution in [2.24, 2.45) is 0 Å². The van der Waals surface area contributed by atoms with Gasteiger partial charge in [0.05, 0.1) is 4.92 Å². The van der Waals surface area contributed by atoms with E-state index in [4.69, 9.17) is 0 Å². The SMILES string of the molecule is Cc1cccc(N2CCN(CCNC(=O)c3ccc([N+](=O)[O-])cc3)CC2)c1. The Labute approximate surface area is 158 Å². The molecule has 1 aliphatic rings. The second-order valence-electron chi connectivity index (χ2n) is 6.73. The number of nitrogens with one attached hydrogen (secondary N) is 1. The molecule has 1 fully saturated rings. The summed E-state index contributed by atoms with van der Waals surface area (Å²) in [6.07, 6.45) is 0. The molecule has 1 N–H and O–H groups in total. The van der Waals surface area contributed by atoms with Gasteiger partial charge in [-0.25, -0.2) is 0 Å². The lowest BCUT2D eigenvalue weighted by atomic mass is 10.2. The third-order valence-corrected chi connectivity index (χ3v) is 4.79. The second-order valence-corrected chi connectivity index (χ2v) is 6.73. The van der Waals surface area contributed by atoms with Gasteiger partial charge in [0.2, 0.25) is 0 Å². The Bertz CT molecular complexity index is 799. The maximum atomic E-state index is 12.1. The smallest absolute Gasteiger partial charge is 0.269 e. The van der Waals surface area contributed by atoms with Gasteiger partial charge in [-0.2, -0.15) is 0 Å². The molecule has 0 unspecified atom stereocenters. The zero-order chi connectivity index (χ0) is 19.2. The van der Waals surface area contributed by atoms with Crippen LogP contribution in [0.4, 0.5) is 11.4 Å². The summed E-state index contributed by atoms with van der Waals surface area (Å²) in [5.74, 6) is -0.205. The summed E-state index contributed by atoms with van der Waals surface area (Å²) in [7, 11) is 0. The third-order valence-electron chi connectivity index (χ3n) is 4.79. The van der Waals surface area contributed by atoms with Crippen molar-refractivity contribution in [1.29, 1.82) is 0 Å². The highest BCUT2D eigenvalue weighted by Gasteiger charge is 2.17. The third kappa shape index (κ3) is 5.04. The van der Waals surface area contributed by atoms with Crippen LogP contribution in [-0.4, -0.2) is 55.0 Å². The van der Waals surface area contributed by atoms with Crippen molar-refractivity contribution in [3.63, 3.8) is 0 Å². The van der Waals surface area contributed by atoms with Crippen LogP contribution in [0.3, 0.4) is 0 Å². The fourth-order valence-electron chi connectivity index (χ4n) is 3.22. The van der Waals surface area contributed by atoms with E-state index in [1.165, 1.54) is 35.5 Å². The molecule has 7 heteroatoms. The lowest BCUT2D eigenvalue weighted by Crippen LogP contribution is -2.48. The van der Waals surface area contributed by atoms with Gasteiger partial charge >= 0.3 is 0 Å². The molecule has 0 aliphatic carbocycles. The highest BCUT2D eigenvalue weighted by atomic mass is 16.6. The van der Waals surface area contributed by atoms with Crippen LogP contribution in [0.15, 0.2) is 48.5 Å². The summed E-state index contributed by atoms with van der Waals surface area (Å²) in [6.45, 7) is 7.32. The van der Waals surface area contributed by atoms with E-state index in [1.807, 2.05) is 0 Å². The maximum Gasteiger partial charge on any atom is 0.269 e. The molecule has 3 rings (SSSR count). The molecule has 142 valence electrons. The van der Waals surface area contributed by atoms with Crippen LogP contribution in [-0.2, 0) is 0 Å². The van der Waals surface area contributed by atoms with Crippen molar-refractivity contribution in [3.8, 4) is 0 Å². The summed E-state index contributed by atoms with van der Waals surface area (Å²) in [5.41, 5.74) is 2.95. The van der Waals surface area contributed by atoms with E-state index in [-0.39, 0.29) is 11.6 Å². The number of non-ortho nitro benzene ring substituents is 1. The predicted octanol–water partition coefficient (Wildman–Crippen LogP) is 2.46. The molecule has 0 saturated carbocycles. The molecule has 7 nitrogen and oxygen atoms in total. The topological polar surface area (TPSA) is 78.7 Å². The zero-order valence-corrected chi connectivity index (χ0v) is 15.4. The Balaban J connectivity index is 1.41. The number of nitro groups is 1. The molecule has 1 aliphatic heterocycles. The molecule has 0 atom stereocenters. The molecular weight excluding hydrogens is 344 g/mol. The van der Waals surface area contributed by atoms with Crippen molar-refractivity contribution in [2.45, 2.75) is 6.92 Å². The monoisotopic (exact) mass is 368 g/mol. The summed E-state index contributed by atoms with van der Waals surface area (Å²) < 4.78 is 0. The minimum atomic E-state index is -0.474. The van der Waals surface area contributed by atoms with Gasteiger partial charge in [-0.3, -0.25) is 19.8 Å². The molecule has 1 heterocycles. The van der Waals surface area contributed by atoms with Crippen LogP contribution in [0.5, 0.6) is 0 Å². The summed E-state index contributed by atoms with van der Waals surface area (Å²) >= 11 is 0. The highest BCUT2D eigenvalue weighted by molar-refractivity contribution is 5.94. The number of rotatable bonds is 6. The van der Waals surface area contributed by atoms with E-state index in [9.17, 15) is 14.9 Å². The van der Waals surface area contributed by atoms with E-state index in [0.29, 0.717) is 12.1 Å². The summed E-state index contributed by atoms with van der Waals surface area (Å²) in [4.78, 5) is 27.0. The van der Waals surface area contributed by atoms with Gasteiger partial charge in [-0.1, -0.05) is 12.1 Å². The first kappa shape index (κ1) is 18.8. The molecule has 2 aromatic carbocycles. The first-order valence-corrected chi connectivity index (χ1v) is 9.09. The van der Waals surface area contributed by atoms with Crippen LogP contribution < -0.4 is 10.2 Å². The lowest BCUT2D eigenvalue weighted by Gasteiger charge is -2.36. The molecule has 0 radical (unpaired) electrons. The van der Waals surface area contributed by atoms with E-state index in [1.54, 1.807) is 0 Å². The molecule has 0 spiro atoms. The average Bonchev–Trinajstić information content (AvgIpc) is 2.68. The van der Waals surface area contributed by atoms with E-state index in [2.05, 4.69) is 46.3 Å². The Hall–Kier alpha value is -2.93. The summed E-state index contributed by atoms with van der Waals surface area (Å²) in [5, 5.41) is 13.5. The number of aryl methyl sites for hydroxylation is 1. The summed E-state index contributed by atoms with van der Waals surface area (Å²) in [6, 6.07) is 14.2.